The van der Waals surface area contributed by atoms with Gasteiger partial charge >= 0.3 is 5.69 Å². The van der Waals surface area contributed by atoms with Crippen LogP contribution in [0.2, 0.25) is 0 Å². The number of hydrogen-bond donors (Lipinski definition) is 1. The molecule has 0 spiro atoms. The van der Waals surface area contributed by atoms with Crippen molar-refractivity contribution in [3.05, 3.63) is 27.8 Å². The summed E-state index contributed by atoms with van der Waals surface area (Å²) >= 11 is 0. The molecule has 1 heterocycles. The van der Waals surface area contributed by atoms with Gasteiger partial charge in [0.15, 0.2) is 5.75 Å². The maximum absolute atomic E-state index is 10.8. The highest BCUT2D eigenvalue weighted by Gasteiger charge is 2.26. The molecule has 1 aromatic rings. The molecule has 2 N–H and O–H groups in total. The largest absolute Gasteiger partial charge is 0.453 e. The minimum atomic E-state index is -0.474. The lowest BCUT2D eigenvalue weighted by atomic mass is 10.1. The average Bonchev–Trinajstić information content (AvgIpc) is 2.62. The first-order valence-corrected chi connectivity index (χ1v) is 4.90. The summed E-state index contributed by atoms with van der Waals surface area (Å²) in [7, 11) is 0. The molecule has 1 aromatic carbocycles. The molecule has 6 heteroatoms. The predicted octanol–water partition coefficient (Wildman–Crippen LogP) is 1.21. The lowest BCUT2D eigenvalue weighted by Crippen LogP contribution is -2.17. The normalized spacial score (nSPS) is 14.9. The van der Waals surface area contributed by atoms with Gasteiger partial charge in [-0.15, -0.1) is 0 Å². The summed E-state index contributed by atoms with van der Waals surface area (Å²) in [4.78, 5) is 10.4. The van der Waals surface area contributed by atoms with E-state index in [1.807, 2.05) is 6.92 Å². The van der Waals surface area contributed by atoms with Crippen molar-refractivity contribution in [2.24, 2.45) is 5.73 Å². The molecule has 0 saturated carbocycles. The summed E-state index contributed by atoms with van der Waals surface area (Å²) < 4.78 is 10.2. The first-order valence-electron chi connectivity index (χ1n) is 4.90. The van der Waals surface area contributed by atoms with Gasteiger partial charge in [0.2, 0.25) is 12.5 Å². The highest BCUT2D eigenvalue weighted by molar-refractivity contribution is 5.59. The molecule has 6 nitrogen and oxygen atoms in total. The highest BCUT2D eigenvalue weighted by Crippen LogP contribution is 2.41. The van der Waals surface area contributed by atoms with Crippen LogP contribution in [0, 0.1) is 10.1 Å². The van der Waals surface area contributed by atoms with Crippen molar-refractivity contribution in [3.63, 3.8) is 0 Å². The molecule has 0 amide bonds. The van der Waals surface area contributed by atoms with Crippen LogP contribution in [-0.2, 0) is 6.42 Å². The molecule has 0 bridgehead atoms. The number of nitro benzene ring substituents is 1. The second kappa shape index (κ2) is 3.97. The molecule has 16 heavy (non-hydrogen) atoms. The smallest absolute Gasteiger partial charge is 0.315 e. The molecule has 0 saturated heterocycles. The minimum Gasteiger partial charge on any atom is -0.453 e. The van der Waals surface area contributed by atoms with E-state index in [2.05, 4.69) is 0 Å². The van der Waals surface area contributed by atoms with Crippen LogP contribution in [0.5, 0.6) is 11.5 Å². The van der Waals surface area contributed by atoms with Crippen LogP contribution in [0.1, 0.15) is 12.5 Å². The highest BCUT2D eigenvalue weighted by atomic mass is 16.7. The third-order valence-electron chi connectivity index (χ3n) is 2.27. The molecular formula is C10H12N2O4. The SMILES string of the molecule is CC(N)Cc1cc2c(c([N+](=O)[O-])c1)OCO2. The van der Waals surface area contributed by atoms with E-state index in [0.29, 0.717) is 12.2 Å². The molecule has 0 radical (unpaired) electrons. The Morgan fingerprint density at radius 2 is 2.31 bits per heavy atom. The maximum Gasteiger partial charge on any atom is 0.315 e. The van der Waals surface area contributed by atoms with Gasteiger partial charge in [-0.3, -0.25) is 10.1 Å². The van der Waals surface area contributed by atoms with Crippen molar-refractivity contribution >= 4 is 5.69 Å². The molecule has 86 valence electrons. The van der Waals surface area contributed by atoms with Crippen molar-refractivity contribution in [2.75, 3.05) is 6.79 Å². The quantitative estimate of drug-likeness (QED) is 0.616. The monoisotopic (exact) mass is 224 g/mol. The predicted molar refractivity (Wildman–Crippen MR) is 56.6 cm³/mol. The van der Waals surface area contributed by atoms with Gasteiger partial charge in [-0.25, -0.2) is 0 Å². The van der Waals surface area contributed by atoms with Gasteiger partial charge in [0.25, 0.3) is 0 Å². The number of rotatable bonds is 3. The zero-order valence-electron chi connectivity index (χ0n) is 8.80. The van der Waals surface area contributed by atoms with E-state index < -0.39 is 4.92 Å². The number of benzene rings is 1. The van der Waals surface area contributed by atoms with Crippen LogP contribution in [0.15, 0.2) is 12.1 Å². The molecular weight excluding hydrogens is 212 g/mol. The molecule has 1 aliphatic heterocycles. The van der Waals surface area contributed by atoms with Crippen molar-refractivity contribution in [1.29, 1.82) is 0 Å². The lowest BCUT2D eigenvalue weighted by molar-refractivity contribution is -0.385. The average molecular weight is 224 g/mol. The van der Waals surface area contributed by atoms with E-state index >= 15 is 0 Å². The van der Waals surface area contributed by atoms with E-state index in [1.165, 1.54) is 6.07 Å². The molecule has 0 aliphatic carbocycles. The van der Waals surface area contributed by atoms with Crippen molar-refractivity contribution in [3.8, 4) is 11.5 Å². The minimum absolute atomic E-state index is 0.0256. The van der Waals surface area contributed by atoms with Crippen molar-refractivity contribution in [2.45, 2.75) is 19.4 Å². The van der Waals surface area contributed by atoms with Crippen LogP contribution in [0.3, 0.4) is 0 Å². The van der Waals surface area contributed by atoms with Gasteiger partial charge in [0, 0.05) is 12.1 Å². The van der Waals surface area contributed by atoms with Crippen LogP contribution in [0.4, 0.5) is 5.69 Å². The van der Waals surface area contributed by atoms with E-state index in [1.54, 1.807) is 6.07 Å². The van der Waals surface area contributed by atoms with E-state index in [9.17, 15) is 10.1 Å². The van der Waals surface area contributed by atoms with E-state index in [4.69, 9.17) is 15.2 Å². The third kappa shape index (κ3) is 1.92. The Morgan fingerprint density at radius 3 is 2.94 bits per heavy atom. The Morgan fingerprint density at radius 1 is 1.56 bits per heavy atom. The Balaban J connectivity index is 2.43. The van der Waals surface area contributed by atoms with Gasteiger partial charge in [0.1, 0.15) is 0 Å². The van der Waals surface area contributed by atoms with Crippen LogP contribution in [0.25, 0.3) is 0 Å². The Labute approximate surface area is 92.1 Å². The lowest BCUT2D eigenvalue weighted by Gasteiger charge is -2.06. The fraction of sp³-hybridized carbons (Fsp3) is 0.400. The standard InChI is InChI=1S/C10H12N2O4/c1-6(11)2-7-3-8(12(13)14)10-9(4-7)15-5-16-10/h3-4,6H,2,5,11H2,1H3. The van der Waals surface area contributed by atoms with Crippen molar-refractivity contribution < 1.29 is 14.4 Å². The summed E-state index contributed by atoms with van der Waals surface area (Å²) in [6.07, 6.45) is 0.567. The summed E-state index contributed by atoms with van der Waals surface area (Å²) in [5.74, 6) is 0.628. The van der Waals surface area contributed by atoms with Gasteiger partial charge in [-0.2, -0.15) is 0 Å². The van der Waals surface area contributed by atoms with Crippen molar-refractivity contribution in [1.82, 2.24) is 0 Å². The summed E-state index contributed by atoms with van der Waals surface area (Å²) in [5.41, 5.74) is 6.37. The zero-order valence-corrected chi connectivity index (χ0v) is 8.80. The van der Waals surface area contributed by atoms with Gasteiger partial charge in [-0.1, -0.05) is 0 Å². The van der Waals surface area contributed by atoms with Gasteiger partial charge in [0.05, 0.1) is 4.92 Å². The van der Waals surface area contributed by atoms with E-state index in [-0.39, 0.29) is 24.3 Å². The number of nitrogens with zero attached hydrogens (tertiary/aromatic N) is 1. The second-order valence-electron chi connectivity index (χ2n) is 3.79. The Kier molecular flexibility index (Phi) is 2.66. The number of ether oxygens (including phenoxy) is 2. The number of hydrogen-bond acceptors (Lipinski definition) is 5. The molecule has 0 fully saturated rings. The zero-order chi connectivity index (χ0) is 11.7. The third-order valence-corrected chi connectivity index (χ3v) is 2.27. The summed E-state index contributed by atoms with van der Waals surface area (Å²) in [5, 5.41) is 10.8. The Bertz CT molecular complexity index is 431. The number of nitrogens with two attached hydrogens (primary N) is 1. The van der Waals surface area contributed by atoms with Crippen LogP contribution >= 0.6 is 0 Å². The first-order chi connectivity index (χ1) is 7.58. The molecule has 0 aromatic heterocycles. The molecule has 1 atom stereocenters. The first kappa shape index (κ1) is 10.7. The topological polar surface area (TPSA) is 87.6 Å². The summed E-state index contributed by atoms with van der Waals surface area (Å²) in [6, 6.07) is 3.16. The van der Waals surface area contributed by atoms with Crippen LogP contribution in [-0.4, -0.2) is 17.8 Å². The van der Waals surface area contributed by atoms with Gasteiger partial charge < -0.3 is 15.2 Å². The number of nitro groups is 1. The fourth-order valence-corrected chi connectivity index (χ4v) is 1.67. The van der Waals surface area contributed by atoms with Gasteiger partial charge in [-0.05, 0) is 25.0 Å². The van der Waals surface area contributed by atoms with Crippen LogP contribution < -0.4 is 15.2 Å². The Hall–Kier alpha value is -1.82. The van der Waals surface area contributed by atoms with E-state index in [0.717, 1.165) is 5.56 Å². The molecule has 1 aliphatic rings. The second-order valence-corrected chi connectivity index (χ2v) is 3.79. The fourth-order valence-electron chi connectivity index (χ4n) is 1.67. The molecule has 2 rings (SSSR count). The maximum atomic E-state index is 10.8. The number of fused-ring (bicyclic) bond motifs is 1. The molecule has 1 unspecified atom stereocenters. The summed E-state index contributed by atoms with van der Waals surface area (Å²) in [6.45, 7) is 1.87.